The lowest BCUT2D eigenvalue weighted by Crippen LogP contribution is -2.14. The quantitative estimate of drug-likeness (QED) is 0.196. The topological polar surface area (TPSA) is 72.7 Å². The minimum atomic E-state index is -0.123. The van der Waals surface area contributed by atoms with Gasteiger partial charge >= 0.3 is 0 Å². The van der Waals surface area contributed by atoms with Crippen molar-refractivity contribution in [3.63, 3.8) is 0 Å². The van der Waals surface area contributed by atoms with Gasteiger partial charge in [-0.3, -0.25) is 4.79 Å². The zero-order valence-corrected chi connectivity index (χ0v) is 21.3. The van der Waals surface area contributed by atoms with Crippen LogP contribution in [0.3, 0.4) is 0 Å². The van der Waals surface area contributed by atoms with Crippen LogP contribution in [0.4, 0.5) is 5.13 Å². The minimum Gasteiger partial charge on any atom is -0.301 e. The molecule has 1 amide bonds. The molecule has 4 rings (SSSR count). The molecule has 1 N–H and O–H groups in total. The second-order valence-corrected chi connectivity index (χ2v) is 10.3. The normalized spacial score (nSPS) is 10.9. The zero-order valence-electron chi connectivity index (χ0n) is 18.8. The molecule has 2 heterocycles. The average Bonchev–Trinajstić information content (AvgIpc) is 3.47. The van der Waals surface area contributed by atoms with E-state index >= 15 is 0 Å². The van der Waals surface area contributed by atoms with E-state index in [1.54, 1.807) is 11.8 Å². The first-order valence-electron chi connectivity index (χ1n) is 10.7. The molecule has 174 valence electrons. The first-order valence-corrected chi connectivity index (χ1v) is 13.7. The van der Waals surface area contributed by atoms with Crippen LogP contribution in [0.2, 0.25) is 0 Å². The van der Waals surface area contributed by atoms with Crippen molar-refractivity contribution in [1.29, 1.82) is 0 Å². The highest BCUT2D eigenvalue weighted by Gasteiger charge is 2.15. The van der Waals surface area contributed by atoms with Crippen molar-refractivity contribution in [1.82, 2.24) is 19.7 Å². The van der Waals surface area contributed by atoms with Gasteiger partial charge in [0.05, 0.1) is 17.2 Å². The molecule has 0 saturated heterocycles. The Labute approximate surface area is 211 Å². The smallest absolute Gasteiger partial charge is 0.236 e. The first kappa shape index (κ1) is 24.3. The summed E-state index contributed by atoms with van der Waals surface area (Å²) in [5.74, 6) is 2.63. The first-order chi connectivity index (χ1) is 16.6. The summed E-state index contributed by atoms with van der Waals surface area (Å²) in [7, 11) is 0. The Morgan fingerprint density at radius 2 is 1.91 bits per heavy atom. The number of carbonyl (C=O) groups is 1. The molecule has 0 radical (unpaired) electrons. The molecular formula is C25H25N5OS3. The second-order valence-electron chi connectivity index (χ2n) is 7.52. The van der Waals surface area contributed by atoms with Gasteiger partial charge in [0.1, 0.15) is 5.82 Å². The van der Waals surface area contributed by atoms with Crippen molar-refractivity contribution in [3.8, 4) is 11.3 Å². The number of carbonyl (C=O) groups excluding carboxylic acids is 1. The van der Waals surface area contributed by atoms with E-state index in [1.165, 1.54) is 34.2 Å². The van der Waals surface area contributed by atoms with E-state index in [2.05, 4.69) is 58.3 Å². The van der Waals surface area contributed by atoms with Gasteiger partial charge in [0.15, 0.2) is 10.3 Å². The van der Waals surface area contributed by atoms with Crippen LogP contribution >= 0.6 is 34.9 Å². The third-order valence-electron chi connectivity index (χ3n) is 4.88. The van der Waals surface area contributed by atoms with Crippen LogP contribution in [-0.4, -0.2) is 31.4 Å². The van der Waals surface area contributed by atoms with Gasteiger partial charge in [-0.15, -0.1) is 39.9 Å². The highest BCUT2D eigenvalue weighted by molar-refractivity contribution is 7.99. The zero-order chi connectivity index (χ0) is 23.8. The Bertz CT molecular complexity index is 1240. The summed E-state index contributed by atoms with van der Waals surface area (Å²) >= 11 is 4.58. The molecule has 0 spiro atoms. The number of thioether (sulfide) groups is 2. The van der Waals surface area contributed by atoms with Crippen LogP contribution < -0.4 is 5.32 Å². The molecule has 34 heavy (non-hydrogen) atoms. The van der Waals surface area contributed by atoms with Crippen LogP contribution in [0.1, 0.15) is 17.0 Å². The summed E-state index contributed by atoms with van der Waals surface area (Å²) in [4.78, 5) is 17.0. The number of aromatic nitrogens is 4. The van der Waals surface area contributed by atoms with E-state index in [9.17, 15) is 4.79 Å². The van der Waals surface area contributed by atoms with Crippen LogP contribution in [0, 0.1) is 6.92 Å². The molecule has 2 aromatic heterocycles. The number of anilines is 1. The van der Waals surface area contributed by atoms with Crippen molar-refractivity contribution in [3.05, 3.63) is 89.6 Å². The monoisotopic (exact) mass is 507 g/mol. The Kier molecular flexibility index (Phi) is 8.56. The number of aryl methyl sites for hydroxylation is 1. The lowest BCUT2D eigenvalue weighted by molar-refractivity contribution is -0.113. The van der Waals surface area contributed by atoms with Crippen molar-refractivity contribution in [2.45, 2.75) is 30.1 Å². The maximum absolute atomic E-state index is 12.5. The molecular weight excluding hydrogens is 483 g/mol. The molecule has 0 fully saturated rings. The van der Waals surface area contributed by atoms with Crippen LogP contribution in [0.15, 0.2) is 77.8 Å². The van der Waals surface area contributed by atoms with Crippen molar-refractivity contribution in [2.24, 2.45) is 0 Å². The van der Waals surface area contributed by atoms with Gasteiger partial charge in [0, 0.05) is 23.2 Å². The molecule has 0 bridgehead atoms. The van der Waals surface area contributed by atoms with E-state index in [0.717, 1.165) is 28.6 Å². The number of rotatable bonds is 11. The second kappa shape index (κ2) is 12.0. The van der Waals surface area contributed by atoms with Gasteiger partial charge in [-0.05, 0) is 12.5 Å². The number of hydrogen-bond acceptors (Lipinski definition) is 7. The maximum atomic E-state index is 12.5. The van der Waals surface area contributed by atoms with Gasteiger partial charge in [0.25, 0.3) is 0 Å². The number of thiazole rings is 1. The van der Waals surface area contributed by atoms with Gasteiger partial charge < -0.3 is 9.88 Å². The predicted octanol–water partition coefficient (Wildman–Crippen LogP) is 6.06. The van der Waals surface area contributed by atoms with E-state index in [-0.39, 0.29) is 11.7 Å². The standard InChI is InChI=1S/C25H25N5OS3/c1-3-13-30-22(16-32-14-19-11-9-18(2)10-12-19)28-29-25(30)34-17-23(31)27-24-26-21(15-33-24)20-7-5-4-6-8-20/h3-12,15H,1,13-14,16-17H2,2H3,(H,26,27,31). The number of nitrogens with one attached hydrogen (secondary N) is 1. The third kappa shape index (κ3) is 6.59. The van der Waals surface area contributed by atoms with Crippen LogP contribution in [0.5, 0.6) is 0 Å². The van der Waals surface area contributed by atoms with E-state index < -0.39 is 0 Å². The molecule has 0 aliphatic carbocycles. The van der Waals surface area contributed by atoms with Gasteiger partial charge in [-0.1, -0.05) is 78.0 Å². The molecule has 0 aliphatic heterocycles. The molecule has 0 unspecified atom stereocenters. The summed E-state index contributed by atoms with van der Waals surface area (Å²) < 4.78 is 2.02. The SMILES string of the molecule is C=CCn1c(CSCc2ccc(C)cc2)nnc1SCC(=O)Nc1nc(-c2ccccc2)cs1. The highest BCUT2D eigenvalue weighted by Crippen LogP contribution is 2.26. The predicted molar refractivity (Wildman–Crippen MR) is 143 cm³/mol. The van der Waals surface area contributed by atoms with E-state index in [1.807, 2.05) is 46.4 Å². The van der Waals surface area contributed by atoms with Crippen LogP contribution in [0.25, 0.3) is 11.3 Å². The van der Waals surface area contributed by atoms with Crippen molar-refractivity contribution in [2.75, 3.05) is 11.1 Å². The number of nitrogens with zero attached hydrogens (tertiary/aromatic N) is 4. The Hall–Kier alpha value is -2.88. The number of benzene rings is 2. The van der Waals surface area contributed by atoms with Crippen LogP contribution in [-0.2, 0) is 22.8 Å². The summed E-state index contributed by atoms with van der Waals surface area (Å²) in [6.07, 6.45) is 1.82. The molecule has 2 aromatic carbocycles. The largest absolute Gasteiger partial charge is 0.301 e. The number of hydrogen-bond donors (Lipinski definition) is 1. The average molecular weight is 508 g/mol. The third-order valence-corrected chi connectivity index (χ3v) is 7.60. The lowest BCUT2D eigenvalue weighted by atomic mass is 10.2. The molecule has 6 nitrogen and oxygen atoms in total. The minimum absolute atomic E-state index is 0.123. The fourth-order valence-electron chi connectivity index (χ4n) is 3.15. The number of allylic oxidation sites excluding steroid dienone is 1. The van der Waals surface area contributed by atoms with Crippen molar-refractivity contribution < 1.29 is 4.79 Å². The Morgan fingerprint density at radius 1 is 1.12 bits per heavy atom. The Balaban J connectivity index is 1.31. The Morgan fingerprint density at radius 3 is 2.68 bits per heavy atom. The van der Waals surface area contributed by atoms with Crippen molar-refractivity contribution >= 4 is 45.9 Å². The highest BCUT2D eigenvalue weighted by atomic mass is 32.2. The summed E-state index contributed by atoms with van der Waals surface area (Å²) in [6.45, 7) is 6.55. The molecule has 9 heteroatoms. The fourth-order valence-corrected chi connectivity index (χ4v) is 5.58. The molecule has 0 saturated carbocycles. The summed E-state index contributed by atoms with van der Waals surface area (Å²) in [5, 5.41) is 14.8. The summed E-state index contributed by atoms with van der Waals surface area (Å²) in [5.41, 5.74) is 4.43. The van der Waals surface area contributed by atoms with Gasteiger partial charge in [0.2, 0.25) is 5.91 Å². The molecule has 4 aromatic rings. The van der Waals surface area contributed by atoms with Gasteiger partial charge in [-0.2, -0.15) is 0 Å². The maximum Gasteiger partial charge on any atom is 0.236 e. The van der Waals surface area contributed by atoms with E-state index in [0.29, 0.717) is 16.8 Å². The summed E-state index contributed by atoms with van der Waals surface area (Å²) in [6, 6.07) is 18.5. The molecule has 0 atom stereocenters. The molecule has 0 aliphatic rings. The number of amides is 1. The fraction of sp³-hybridized carbons (Fsp3) is 0.200. The van der Waals surface area contributed by atoms with Gasteiger partial charge in [-0.25, -0.2) is 4.98 Å². The lowest BCUT2D eigenvalue weighted by Gasteiger charge is -2.08. The van der Waals surface area contributed by atoms with E-state index in [4.69, 9.17) is 0 Å².